The van der Waals surface area contributed by atoms with E-state index < -0.39 is 16.1 Å². The lowest BCUT2D eigenvalue weighted by molar-refractivity contribution is 0.199. The molecule has 0 aliphatic carbocycles. The Kier molecular flexibility index (Phi) is 5.58. The Hall–Kier alpha value is -1.11. The molecule has 1 unspecified atom stereocenters. The molecule has 0 spiro atoms. The molecule has 0 saturated heterocycles. The molecular weight excluding hydrogens is 254 g/mol. The smallest absolute Gasteiger partial charge is 0.232 e. The third-order valence-corrected chi connectivity index (χ3v) is 3.79. The predicted molar refractivity (Wildman–Crippen MR) is 71.0 cm³/mol. The molecule has 2 N–H and O–H groups in total. The number of methoxy groups -OCH3 is 1. The highest BCUT2D eigenvalue weighted by Gasteiger charge is 2.14. The molecule has 0 heterocycles. The molecule has 0 amide bonds. The van der Waals surface area contributed by atoms with E-state index in [0.29, 0.717) is 24.3 Å². The molecule has 102 valence electrons. The van der Waals surface area contributed by atoms with E-state index in [1.807, 2.05) is 0 Å². The van der Waals surface area contributed by atoms with E-state index in [1.54, 1.807) is 31.2 Å². The van der Waals surface area contributed by atoms with Crippen molar-refractivity contribution < 1.29 is 18.3 Å². The van der Waals surface area contributed by atoms with Crippen LogP contribution in [0.5, 0.6) is 0 Å². The number of hydrogen-bond acceptors (Lipinski definition) is 4. The highest BCUT2D eigenvalue weighted by Crippen LogP contribution is 2.23. The number of benzene rings is 1. The summed E-state index contributed by atoms with van der Waals surface area (Å²) in [6.45, 7) is 2.00. The molecule has 0 aromatic heterocycles. The first-order valence-corrected chi connectivity index (χ1v) is 7.38. The zero-order valence-corrected chi connectivity index (χ0v) is 11.4. The van der Waals surface area contributed by atoms with Crippen molar-refractivity contribution in [1.82, 2.24) is 0 Å². The summed E-state index contributed by atoms with van der Waals surface area (Å²) >= 11 is 0. The molecular formula is C12H19NO4S. The molecule has 0 radical (unpaired) electrons. The van der Waals surface area contributed by atoms with Crippen LogP contribution in [-0.4, -0.2) is 33.0 Å². The number of para-hydroxylation sites is 1. The van der Waals surface area contributed by atoms with Crippen LogP contribution in [0.2, 0.25) is 0 Å². The molecule has 1 atom stereocenters. The Labute approximate surface area is 108 Å². The number of anilines is 1. The summed E-state index contributed by atoms with van der Waals surface area (Å²) in [7, 11) is -1.87. The minimum Gasteiger partial charge on any atom is -0.389 e. The summed E-state index contributed by atoms with van der Waals surface area (Å²) < 4.78 is 30.9. The Morgan fingerprint density at radius 1 is 1.39 bits per heavy atom. The van der Waals surface area contributed by atoms with E-state index in [0.717, 1.165) is 0 Å². The van der Waals surface area contributed by atoms with Crippen LogP contribution in [0.1, 0.15) is 25.0 Å². The second-order valence-electron chi connectivity index (χ2n) is 4.03. The first-order chi connectivity index (χ1) is 8.46. The van der Waals surface area contributed by atoms with Crippen molar-refractivity contribution in [3.8, 4) is 0 Å². The van der Waals surface area contributed by atoms with Crippen molar-refractivity contribution >= 4 is 15.7 Å². The average Bonchev–Trinajstić information content (AvgIpc) is 2.29. The van der Waals surface area contributed by atoms with E-state index in [-0.39, 0.29) is 5.75 Å². The van der Waals surface area contributed by atoms with E-state index in [9.17, 15) is 13.5 Å². The minimum atomic E-state index is -3.40. The van der Waals surface area contributed by atoms with E-state index >= 15 is 0 Å². The van der Waals surface area contributed by atoms with E-state index in [1.165, 1.54) is 7.11 Å². The van der Waals surface area contributed by atoms with Gasteiger partial charge in [0.05, 0.1) is 17.5 Å². The van der Waals surface area contributed by atoms with Crippen LogP contribution >= 0.6 is 0 Å². The number of hydrogen-bond donors (Lipinski definition) is 2. The number of sulfonamides is 1. The summed E-state index contributed by atoms with van der Waals surface area (Å²) in [5.74, 6) is -0.00498. The Morgan fingerprint density at radius 2 is 2.06 bits per heavy atom. The maximum Gasteiger partial charge on any atom is 0.232 e. The monoisotopic (exact) mass is 273 g/mol. The Bertz CT molecular complexity index is 471. The maximum absolute atomic E-state index is 11.8. The van der Waals surface area contributed by atoms with Crippen molar-refractivity contribution in [2.45, 2.75) is 19.4 Å². The topological polar surface area (TPSA) is 75.6 Å². The van der Waals surface area contributed by atoms with Gasteiger partial charge in [0.25, 0.3) is 0 Å². The molecule has 18 heavy (non-hydrogen) atoms. The number of ether oxygens (including phenoxy) is 1. The van der Waals surface area contributed by atoms with Gasteiger partial charge in [-0.1, -0.05) is 18.2 Å². The normalized spacial score (nSPS) is 13.3. The molecule has 0 fully saturated rings. The van der Waals surface area contributed by atoms with Crippen molar-refractivity contribution in [3.05, 3.63) is 29.8 Å². The van der Waals surface area contributed by atoms with Gasteiger partial charge in [0.2, 0.25) is 10.0 Å². The van der Waals surface area contributed by atoms with Gasteiger partial charge in [-0.05, 0) is 19.4 Å². The van der Waals surface area contributed by atoms with Crippen molar-refractivity contribution in [2.75, 3.05) is 24.2 Å². The molecule has 1 rings (SSSR count). The lowest BCUT2D eigenvalue weighted by atomic mass is 10.1. The summed E-state index contributed by atoms with van der Waals surface area (Å²) in [6, 6.07) is 6.80. The van der Waals surface area contributed by atoms with Gasteiger partial charge in [0.15, 0.2) is 0 Å². The fraction of sp³-hybridized carbons (Fsp3) is 0.500. The van der Waals surface area contributed by atoms with Crippen molar-refractivity contribution in [2.24, 2.45) is 0 Å². The average molecular weight is 273 g/mol. The van der Waals surface area contributed by atoms with Gasteiger partial charge in [-0.15, -0.1) is 0 Å². The lowest BCUT2D eigenvalue weighted by Gasteiger charge is -2.14. The summed E-state index contributed by atoms with van der Waals surface area (Å²) in [5, 5.41) is 9.56. The SMILES string of the molecule is COCCCS(=O)(=O)Nc1ccccc1C(C)O. The Morgan fingerprint density at radius 3 is 2.67 bits per heavy atom. The second kappa shape index (κ2) is 6.72. The molecule has 1 aromatic rings. The lowest BCUT2D eigenvalue weighted by Crippen LogP contribution is -2.19. The van der Waals surface area contributed by atoms with Gasteiger partial charge in [-0.3, -0.25) is 4.72 Å². The zero-order chi connectivity index (χ0) is 13.6. The van der Waals surface area contributed by atoms with Gasteiger partial charge in [-0.25, -0.2) is 8.42 Å². The second-order valence-corrected chi connectivity index (χ2v) is 5.87. The fourth-order valence-corrected chi connectivity index (χ4v) is 2.69. The first kappa shape index (κ1) is 14.9. The van der Waals surface area contributed by atoms with Gasteiger partial charge >= 0.3 is 0 Å². The molecule has 0 bridgehead atoms. The molecule has 5 nitrogen and oxygen atoms in total. The molecule has 0 aliphatic heterocycles. The van der Waals surface area contributed by atoms with Crippen molar-refractivity contribution in [3.63, 3.8) is 0 Å². The highest BCUT2D eigenvalue weighted by molar-refractivity contribution is 7.92. The van der Waals surface area contributed by atoms with Gasteiger partial charge in [-0.2, -0.15) is 0 Å². The van der Waals surface area contributed by atoms with Crippen LogP contribution in [0.25, 0.3) is 0 Å². The largest absolute Gasteiger partial charge is 0.389 e. The number of aliphatic hydroxyl groups excluding tert-OH is 1. The molecule has 6 heteroatoms. The standard InChI is InChI=1S/C12H19NO4S/c1-10(14)11-6-3-4-7-12(11)13-18(15,16)9-5-8-17-2/h3-4,6-7,10,13-14H,5,8-9H2,1-2H3. The van der Waals surface area contributed by atoms with Crippen LogP contribution in [-0.2, 0) is 14.8 Å². The number of nitrogens with one attached hydrogen (secondary N) is 1. The fourth-order valence-electron chi connectivity index (χ4n) is 1.57. The maximum atomic E-state index is 11.8. The van der Waals surface area contributed by atoms with Crippen LogP contribution in [0.15, 0.2) is 24.3 Å². The molecule has 0 aliphatic rings. The quantitative estimate of drug-likeness (QED) is 0.739. The third-order valence-electron chi connectivity index (χ3n) is 2.44. The number of rotatable bonds is 7. The van der Waals surface area contributed by atoms with Crippen LogP contribution < -0.4 is 4.72 Å². The van der Waals surface area contributed by atoms with Gasteiger partial charge in [0.1, 0.15) is 0 Å². The van der Waals surface area contributed by atoms with Gasteiger partial charge in [0, 0.05) is 19.3 Å². The van der Waals surface area contributed by atoms with Crippen LogP contribution in [0.3, 0.4) is 0 Å². The predicted octanol–water partition coefficient (Wildman–Crippen LogP) is 1.52. The van der Waals surface area contributed by atoms with Crippen LogP contribution in [0.4, 0.5) is 5.69 Å². The Balaban J connectivity index is 2.78. The number of aliphatic hydroxyl groups is 1. The first-order valence-electron chi connectivity index (χ1n) is 5.72. The van der Waals surface area contributed by atoms with Gasteiger partial charge < -0.3 is 9.84 Å². The van der Waals surface area contributed by atoms with Crippen molar-refractivity contribution in [1.29, 1.82) is 0 Å². The molecule has 0 saturated carbocycles. The summed E-state index contributed by atoms with van der Waals surface area (Å²) in [4.78, 5) is 0. The highest BCUT2D eigenvalue weighted by atomic mass is 32.2. The van der Waals surface area contributed by atoms with E-state index in [2.05, 4.69) is 4.72 Å². The van der Waals surface area contributed by atoms with Crippen LogP contribution in [0, 0.1) is 0 Å². The molecule has 1 aromatic carbocycles. The third kappa shape index (κ3) is 4.64. The van der Waals surface area contributed by atoms with E-state index in [4.69, 9.17) is 4.74 Å². The summed E-state index contributed by atoms with van der Waals surface area (Å²) in [5.41, 5.74) is 0.984. The minimum absolute atomic E-state index is 0.00498. The zero-order valence-electron chi connectivity index (χ0n) is 10.6. The summed E-state index contributed by atoms with van der Waals surface area (Å²) in [6.07, 6.45) is -0.286.